The molecule has 0 unspecified atom stereocenters. The predicted octanol–water partition coefficient (Wildman–Crippen LogP) is 5.52. The first-order valence-electron chi connectivity index (χ1n) is 9.23. The number of carbonyl (C=O) groups excluding carboxylic acids is 1. The minimum Gasteiger partial charge on any atom is -0.320 e. The first-order chi connectivity index (χ1) is 12.0. The lowest BCUT2D eigenvalue weighted by Crippen LogP contribution is -2.39. The van der Waals surface area contributed by atoms with E-state index in [2.05, 4.69) is 69.4 Å². The molecular formula is C22H28N2O. The summed E-state index contributed by atoms with van der Waals surface area (Å²) >= 11 is 0. The first kappa shape index (κ1) is 17.5. The van der Waals surface area contributed by atoms with Crippen LogP contribution in [0.4, 0.5) is 10.5 Å². The van der Waals surface area contributed by atoms with Gasteiger partial charge in [-0.2, -0.15) is 0 Å². The molecule has 0 bridgehead atoms. The third-order valence-corrected chi connectivity index (χ3v) is 5.02. The number of amides is 2. The van der Waals surface area contributed by atoms with E-state index in [-0.39, 0.29) is 6.03 Å². The van der Waals surface area contributed by atoms with Crippen molar-refractivity contribution in [2.75, 3.05) is 11.9 Å². The second kappa shape index (κ2) is 7.30. The van der Waals surface area contributed by atoms with E-state index in [0.717, 1.165) is 18.7 Å². The summed E-state index contributed by atoms with van der Waals surface area (Å²) in [6, 6.07) is 14.7. The third kappa shape index (κ3) is 3.71. The number of nitrogens with zero attached hydrogens (tertiary/aromatic N) is 1. The molecule has 25 heavy (non-hydrogen) atoms. The molecule has 2 aromatic carbocycles. The molecule has 3 heteroatoms. The Morgan fingerprint density at radius 1 is 0.920 bits per heavy atom. The van der Waals surface area contributed by atoms with Crippen molar-refractivity contribution < 1.29 is 4.79 Å². The summed E-state index contributed by atoms with van der Waals surface area (Å²) in [5.41, 5.74) is 6.02. The molecule has 132 valence electrons. The molecule has 1 N–H and O–H groups in total. The van der Waals surface area contributed by atoms with Gasteiger partial charge in [-0.15, -0.1) is 0 Å². The number of benzene rings is 2. The number of urea groups is 1. The maximum absolute atomic E-state index is 12.9. The van der Waals surface area contributed by atoms with Gasteiger partial charge >= 0.3 is 6.03 Å². The molecule has 0 saturated carbocycles. The van der Waals surface area contributed by atoms with E-state index in [0.29, 0.717) is 18.4 Å². The van der Waals surface area contributed by atoms with E-state index in [4.69, 9.17) is 0 Å². The molecule has 2 amide bonds. The van der Waals surface area contributed by atoms with E-state index in [1.54, 1.807) is 0 Å². The van der Waals surface area contributed by atoms with Gasteiger partial charge < -0.3 is 10.2 Å². The van der Waals surface area contributed by atoms with Crippen molar-refractivity contribution in [3.8, 4) is 0 Å². The Bertz CT molecular complexity index is 738. The molecule has 1 heterocycles. The highest BCUT2D eigenvalue weighted by Gasteiger charge is 2.23. The van der Waals surface area contributed by atoms with Gasteiger partial charge in [0, 0.05) is 18.8 Å². The largest absolute Gasteiger partial charge is 0.322 e. The molecular weight excluding hydrogens is 308 g/mol. The molecule has 0 saturated heterocycles. The van der Waals surface area contributed by atoms with Crippen molar-refractivity contribution in [3.05, 3.63) is 64.7 Å². The molecule has 0 aliphatic carbocycles. The molecule has 0 spiro atoms. The number of rotatable bonds is 3. The normalized spacial score (nSPS) is 13.9. The van der Waals surface area contributed by atoms with Crippen LogP contribution in [0.5, 0.6) is 0 Å². The first-order valence-corrected chi connectivity index (χ1v) is 9.23. The monoisotopic (exact) mass is 336 g/mol. The van der Waals surface area contributed by atoms with Crippen molar-refractivity contribution in [3.63, 3.8) is 0 Å². The molecule has 1 aliphatic heterocycles. The average Bonchev–Trinajstić information content (AvgIpc) is 2.61. The summed E-state index contributed by atoms with van der Waals surface area (Å²) in [7, 11) is 0. The van der Waals surface area contributed by atoms with Crippen LogP contribution in [0.15, 0.2) is 42.5 Å². The fraction of sp³-hybridized carbons (Fsp3) is 0.409. The number of anilines is 1. The minimum atomic E-state index is 0.00417. The van der Waals surface area contributed by atoms with Crippen molar-refractivity contribution in [2.24, 2.45) is 0 Å². The van der Waals surface area contributed by atoms with Crippen LogP contribution in [-0.2, 0) is 13.0 Å². The SMILES string of the molecule is CC(C)c1cccc(C(C)C)c1NC(=O)N1CCc2ccccc2C1. The number of para-hydroxylation sites is 1. The number of carbonyl (C=O) groups is 1. The fourth-order valence-electron chi connectivity index (χ4n) is 3.55. The summed E-state index contributed by atoms with van der Waals surface area (Å²) in [6.45, 7) is 10.1. The van der Waals surface area contributed by atoms with Crippen LogP contribution in [0.25, 0.3) is 0 Å². The lowest BCUT2D eigenvalue weighted by atomic mass is 9.92. The maximum atomic E-state index is 12.9. The molecule has 3 rings (SSSR count). The van der Waals surface area contributed by atoms with Crippen LogP contribution >= 0.6 is 0 Å². The van der Waals surface area contributed by atoms with Gasteiger partial charge in [0.2, 0.25) is 0 Å². The van der Waals surface area contributed by atoms with Gasteiger partial charge in [0.1, 0.15) is 0 Å². The predicted molar refractivity (Wildman–Crippen MR) is 104 cm³/mol. The topological polar surface area (TPSA) is 32.3 Å². The number of hydrogen-bond acceptors (Lipinski definition) is 1. The third-order valence-electron chi connectivity index (χ3n) is 5.02. The van der Waals surface area contributed by atoms with Crippen LogP contribution in [0.3, 0.4) is 0 Å². The van der Waals surface area contributed by atoms with E-state index in [1.165, 1.54) is 22.3 Å². The van der Waals surface area contributed by atoms with Crippen molar-refractivity contribution in [1.82, 2.24) is 4.90 Å². The Hall–Kier alpha value is -2.29. The van der Waals surface area contributed by atoms with E-state index in [9.17, 15) is 4.79 Å². The highest BCUT2D eigenvalue weighted by atomic mass is 16.2. The van der Waals surface area contributed by atoms with Gasteiger partial charge in [0.15, 0.2) is 0 Å². The molecule has 0 radical (unpaired) electrons. The van der Waals surface area contributed by atoms with Crippen LogP contribution in [0.2, 0.25) is 0 Å². The summed E-state index contributed by atoms with van der Waals surface area (Å²) < 4.78 is 0. The van der Waals surface area contributed by atoms with Crippen molar-refractivity contribution in [2.45, 2.75) is 52.5 Å². The number of fused-ring (bicyclic) bond motifs is 1. The summed E-state index contributed by atoms with van der Waals surface area (Å²) in [5.74, 6) is 0.743. The molecule has 1 aliphatic rings. The molecule has 3 nitrogen and oxygen atoms in total. The minimum absolute atomic E-state index is 0.00417. The number of nitrogens with one attached hydrogen (secondary N) is 1. The lowest BCUT2D eigenvalue weighted by molar-refractivity contribution is 0.206. The van der Waals surface area contributed by atoms with Gasteiger partial charge in [-0.05, 0) is 40.5 Å². The molecule has 0 fully saturated rings. The Morgan fingerprint density at radius 3 is 2.12 bits per heavy atom. The van der Waals surface area contributed by atoms with E-state index >= 15 is 0 Å². The zero-order valence-electron chi connectivity index (χ0n) is 15.7. The summed E-state index contributed by atoms with van der Waals surface area (Å²) in [5, 5.41) is 3.23. The molecule has 2 aromatic rings. The second-order valence-corrected chi connectivity index (χ2v) is 7.49. The van der Waals surface area contributed by atoms with Crippen LogP contribution in [0.1, 0.15) is 61.8 Å². The molecule has 0 atom stereocenters. The molecule has 0 aromatic heterocycles. The number of hydrogen-bond donors (Lipinski definition) is 1. The van der Waals surface area contributed by atoms with Gasteiger partial charge in [-0.3, -0.25) is 0 Å². The van der Waals surface area contributed by atoms with Crippen LogP contribution < -0.4 is 5.32 Å². The van der Waals surface area contributed by atoms with Gasteiger partial charge in [0.05, 0.1) is 0 Å². The van der Waals surface area contributed by atoms with Gasteiger partial charge in [0.25, 0.3) is 0 Å². The zero-order chi connectivity index (χ0) is 18.0. The zero-order valence-corrected chi connectivity index (χ0v) is 15.7. The maximum Gasteiger partial charge on any atom is 0.322 e. The van der Waals surface area contributed by atoms with Gasteiger partial charge in [-0.1, -0.05) is 70.2 Å². The smallest absolute Gasteiger partial charge is 0.320 e. The Labute approximate surface area is 151 Å². The Balaban J connectivity index is 1.84. The van der Waals surface area contributed by atoms with Crippen molar-refractivity contribution in [1.29, 1.82) is 0 Å². The summed E-state index contributed by atoms with van der Waals surface area (Å²) in [6.07, 6.45) is 0.923. The van der Waals surface area contributed by atoms with E-state index in [1.807, 2.05) is 11.0 Å². The fourth-order valence-corrected chi connectivity index (χ4v) is 3.55. The van der Waals surface area contributed by atoms with E-state index < -0.39 is 0 Å². The quantitative estimate of drug-likeness (QED) is 0.786. The van der Waals surface area contributed by atoms with Crippen LogP contribution in [-0.4, -0.2) is 17.5 Å². The summed E-state index contributed by atoms with van der Waals surface area (Å²) in [4.78, 5) is 14.9. The Kier molecular flexibility index (Phi) is 5.12. The highest BCUT2D eigenvalue weighted by molar-refractivity contribution is 5.91. The second-order valence-electron chi connectivity index (χ2n) is 7.49. The standard InChI is InChI=1S/C22H28N2O/c1-15(2)19-10-7-11-20(16(3)4)21(19)23-22(25)24-13-12-17-8-5-6-9-18(17)14-24/h5-11,15-16H,12-14H2,1-4H3,(H,23,25). The lowest BCUT2D eigenvalue weighted by Gasteiger charge is -2.30. The Morgan fingerprint density at radius 2 is 1.52 bits per heavy atom. The van der Waals surface area contributed by atoms with Crippen molar-refractivity contribution >= 4 is 11.7 Å². The average molecular weight is 336 g/mol. The van der Waals surface area contributed by atoms with Gasteiger partial charge in [-0.25, -0.2) is 4.79 Å². The van der Waals surface area contributed by atoms with Crippen LogP contribution in [0, 0.1) is 0 Å². The highest BCUT2D eigenvalue weighted by Crippen LogP contribution is 2.33.